The second-order valence-electron chi connectivity index (χ2n) is 5.08. The molecule has 2 heterocycles. The van der Waals surface area contributed by atoms with Gasteiger partial charge in [0.1, 0.15) is 0 Å². The Hall–Kier alpha value is -1.77. The monoisotopic (exact) mass is 242 g/mol. The molecule has 0 radical (unpaired) electrons. The summed E-state index contributed by atoms with van der Waals surface area (Å²) in [4.78, 5) is 17.3. The van der Waals surface area contributed by atoms with E-state index in [1.165, 1.54) is 16.6 Å². The number of hydrogen-bond donors (Lipinski definition) is 1. The summed E-state index contributed by atoms with van der Waals surface area (Å²) >= 11 is 0. The van der Waals surface area contributed by atoms with Gasteiger partial charge in [0.2, 0.25) is 5.91 Å². The molecule has 3 rings (SSSR count). The van der Waals surface area contributed by atoms with Crippen LogP contribution in [0.1, 0.15) is 37.1 Å². The molecule has 0 aliphatic carbocycles. The second-order valence-corrected chi connectivity index (χ2v) is 5.08. The highest BCUT2D eigenvalue weighted by Gasteiger charge is 2.28. The fraction of sp³-hybridized carbons (Fsp3) is 0.400. The number of aromatic nitrogens is 1. The van der Waals surface area contributed by atoms with Crippen LogP contribution in [0.2, 0.25) is 0 Å². The highest BCUT2D eigenvalue weighted by atomic mass is 16.2. The van der Waals surface area contributed by atoms with Crippen LogP contribution in [0, 0.1) is 6.92 Å². The molecule has 0 saturated carbocycles. The number of fused-ring (bicyclic) bond motifs is 1. The number of rotatable bonds is 2. The minimum atomic E-state index is 0.163. The first-order chi connectivity index (χ1) is 8.68. The minimum Gasteiger partial charge on any atom is -0.358 e. The number of nitrogens with zero attached hydrogens (tertiary/aromatic N) is 1. The summed E-state index contributed by atoms with van der Waals surface area (Å²) in [5, 5.41) is 1.24. The summed E-state index contributed by atoms with van der Waals surface area (Å²) in [5.74, 6) is 0.284. The summed E-state index contributed by atoms with van der Waals surface area (Å²) in [5.41, 5.74) is 3.59. The lowest BCUT2D eigenvalue weighted by Crippen LogP contribution is -2.28. The molecule has 1 amide bonds. The standard InChI is InChI=1S/C15H18N2O/c1-10-15(11(2)17-9-5-8-14(17)18)12-6-3-4-7-13(12)16-10/h3-4,6-7,11,16H,5,8-9H2,1-2H3. The van der Waals surface area contributed by atoms with Crippen LogP contribution in [0.15, 0.2) is 24.3 Å². The quantitative estimate of drug-likeness (QED) is 0.862. The molecule has 1 atom stereocenters. The van der Waals surface area contributed by atoms with Crippen LogP contribution in [0.3, 0.4) is 0 Å². The van der Waals surface area contributed by atoms with Crippen LogP contribution in [-0.2, 0) is 4.79 Å². The summed E-state index contributed by atoms with van der Waals surface area (Å²) < 4.78 is 0. The smallest absolute Gasteiger partial charge is 0.223 e. The molecule has 2 aromatic rings. The van der Waals surface area contributed by atoms with E-state index < -0.39 is 0 Å². The Bertz CT molecular complexity index is 600. The first kappa shape index (κ1) is 11.3. The first-order valence-corrected chi connectivity index (χ1v) is 6.55. The molecule has 3 heteroatoms. The number of H-pyrrole nitrogens is 1. The molecule has 1 fully saturated rings. The third-order valence-electron chi connectivity index (χ3n) is 3.94. The minimum absolute atomic E-state index is 0.163. The number of carbonyl (C=O) groups is 1. The topological polar surface area (TPSA) is 36.1 Å². The Morgan fingerprint density at radius 1 is 1.33 bits per heavy atom. The zero-order chi connectivity index (χ0) is 12.7. The molecule has 1 aliphatic rings. The number of nitrogens with one attached hydrogen (secondary N) is 1. The van der Waals surface area contributed by atoms with E-state index >= 15 is 0 Å². The molecule has 0 bridgehead atoms. The van der Waals surface area contributed by atoms with Crippen molar-refractivity contribution in [3.63, 3.8) is 0 Å². The van der Waals surface area contributed by atoms with Crippen LogP contribution in [-0.4, -0.2) is 22.3 Å². The van der Waals surface area contributed by atoms with Gasteiger partial charge >= 0.3 is 0 Å². The summed E-state index contributed by atoms with van der Waals surface area (Å²) in [6, 6.07) is 8.47. The van der Waals surface area contributed by atoms with Crippen molar-refractivity contribution in [2.75, 3.05) is 6.54 Å². The van der Waals surface area contributed by atoms with E-state index in [2.05, 4.69) is 37.0 Å². The van der Waals surface area contributed by atoms with Crippen molar-refractivity contribution >= 4 is 16.8 Å². The van der Waals surface area contributed by atoms with Crippen LogP contribution < -0.4 is 0 Å². The largest absolute Gasteiger partial charge is 0.358 e. The van der Waals surface area contributed by atoms with Gasteiger partial charge in [0.05, 0.1) is 6.04 Å². The highest BCUT2D eigenvalue weighted by Crippen LogP contribution is 2.33. The van der Waals surface area contributed by atoms with Gasteiger partial charge in [-0.2, -0.15) is 0 Å². The van der Waals surface area contributed by atoms with E-state index in [1.54, 1.807) is 0 Å². The number of benzene rings is 1. The molecule has 1 aliphatic heterocycles. The maximum atomic E-state index is 11.9. The van der Waals surface area contributed by atoms with Gasteiger partial charge in [0, 0.05) is 35.1 Å². The van der Waals surface area contributed by atoms with Gasteiger partial charge < -0.3 is 9.88 Å². The number of likely N-dealkylation sites (tertiary alicyclic amines) is 1. The molecule has 1 aromatic heterocycles. The molecular formula is C15H18N2O. The summed E-state index contributed by atoms with van der Waals surface area (Å²) in [6.45, 7) is 5.11. The van der Waals surface area contributed by atoms with Crippen molar-refractivity contribution in [3.05, 3.63) is 35.5 Å². The number of aryl methyl sites for hydroxylation is 1. The lowest BCUT2D eigenvalue weighted by atomic mass is 10.0. The Morgan fingerprint density at radius 3 is 2.83 bits per heavy atom. The molecule has 1 N–H and O–H groups in total. The number of amides is 1. The van der Waals surface area contributed by atoms with Crippen molar-refractivity contribution < 1.29 is 4.79 Å². The fourth-order valence-corrected chi connectivity index (χ4v) is 3.07. The average molecular weight is 242 g/mol. The number of aromatic amines is 1. The normalized spacial score (nSPS) is 17.7. The molecule has 3 nitrogen and oxygen atoms in total. The Labute approximate surface area is 107 Å². The van der Waals surface area contributed by atoms with Crippen molar-refractivity contribution in [1.29, 1.82) is 0 Å². The molecule has 0 spiro atoms. The van der Waals surface area contributed by atoms with Crippen molar-refractivity contribution in [1.82, 2.24) is 9.88 Å². The van der Waals surface area contributed by atoms with E-state index in [9.17, 15) is 4.79 Å². The lowest BCUT2D eigenvalue weighted by Gasteiger charge is -2.24. The Kier molecular flexibility index (Phi) is 2.62. The van der Waals surface area contributed by atoms with Gasteiger partial charge in [-0.25, -0.2) is 0 Å². The average Bonchev–Trinajstić information content (AvgIpc) is 2.91. The molecular weight excluding hydrogens is 224 g/mol. The van der Waals surface area contributed by atoms with Crippen molar-refractivity contribution in [2.24, 2.45) is 0 Å². The third kappa shape index (κ3) is 1.62. The Balaban J connectivity index is 2.08. The number of para-hydroxylation sites is 1. The summed E-state index contributed by atoms with van der Waals surface area (Å²) in [6.07, 6.45) is 1.69. The zero-order valence-electron chi connectivity index (χ0n) is 10.9. The van der Waals surface area contributed by atoms with Gasteiger partial charge in [-0.05, 0) is 26.3 Å². The van der Waals surface area contributed by atoms with Crippen molar-refractivity contribution in [3.8, 4) is 0 Å². The van der Waals surface area contributed by atoms with Gasteiger partial charge in [0.15, 0.2) is 0 Å². The maximum Gasteiger partial charge on any atom is 0.223 e. The van der Waals surface area contributed by atoms with E-state index in [-0.39, 0.29) is 11.9 Å². The van der Waals surface area contributed by atoms with E-state index in [0.29, 0.717) is 6.42 Å². The maximum absolute atomic E-state index is 11.9. The van der Waals surface area contributed by atoms with Crippen LogP contribution in [0.4, 0.5) is 0 Å². The molecule has 1 aromatic carbocycles. The molecule has 1 unspecified atom stereocenters. The number of carbonyl (C=O) groups excluding carboxylic acids is 1. The number of hydrogen-bond acceptors (Lipinski definition) is 1. The summed E-state index contributed by atoms with van der Waals surface area (Å²) in [7, 11) is 0. The zero-order valence-corrected chi connectivity index (χ0v) is 10.9. The van der Waals surface area contributed by atoms with Crippen LogP contribution in [0.5, 0.6) is 0 Å². The van der Waals surface area contributed by atoms with Crippen molar-refractivity contribution in [2.45, 2.75) is 32.7 Å². The van der Waals surface area contributed by atoms with E-state index in [0.717, 1.165) is 18.5 Å². The molecule has 18 heavy (non-hydrogen) atoms. The SMILES string of the molecule is Cc1[nH]c2ccccc2c1C(C)N1CCCC1=O. The Morgan fingerprint density at radius 2 is 2.11 bits per heavy atom. The second kappa shape index (κ2) is 4.16. The van der Waals surface area contributed by atoms with Gasteiger partial charge in [-0.15, -0.1) is 0 Å². The van der Waals surface area contributed by atoms with Crippen LogP contribution in [0.25, 0.3) is 10.9 Å². The predicted octanol–water partition coefficient (Wildman–Crippen LogP) is 3.16. The van der Waals surface area contributed by atoms with Gasteiger partial charge in [-0.3, -0.25) is 4.79 Å². The van der Waals surface area contributed by atoms with E-state index in [1.807, 2.05) is 11.0 Å². The predicted molar refractivity (Wildman–Crippen MR) is 72.4 cm³/mol. The highest BCUT2D eigenvalue weighted by molar-refractivity contribution is 5.86. The first-order valence-electron chi connectivity index (χ1n) is 6.55. The molecule has 1 saturated heterocycles. The fourth-order valence-electron chi connectivity index (χ4n) is 3.07. The van der Waals surface area contributed by atoms with Crippen LogP contribution >= 0.6 is 0 Å². The lowest BCUT2D eigenvalue weighted by molar-refractivity contribution is -0.129. The van der Waals surface area contributed by atoms with E-state index in [4.69, 9.17) is 0 Å². The third-order valence-corrected chi connectivity index (χ3v) is 3.94. The molecule has 94 valence electrons. The van der Waals surface area contributed by atoms with Gasteiger partial charge in [-0.1, -0.05) is 18.2 Å². The van der Waals surface area contributed by atoms with Gasteiger partial charge in [0.25, 0.3) is 0 Å².